The number of aryl methyl sites for hydroxylation is 2. The molecular weight excluding hydrogens is 710 g/mol. The molecule has 0 bridgehead atoms. The van der Waals surface area contributed by atoms with Crippen molar-refractivity contribution in [1.29, 1.82) is 0 Å². The van der Waals surface area contributed by atoms with Crippen LogP contribution in [0.5, 0.6) is 0 Å². The van der Waals surface area contributed by atoms with Crippen molar-refractivity contribution < 1.29 is 45.5 Å². The lowest BCUT2D eigenvalue weighted by molar-refractivity contribution is -0.138. The van der Waals surface area contributed by atoms with Crippen molar-refractivity contribution in [3.8, 4) is 0 Å². The standard InChI is InChI=1S/C42H40F6N2O4/c1-7-11-13-21(9-3)49-37(51)23-15-19(5)29-30-20(6)16-24-32-26(40(54)50(38(24)52)22(10-4)14-12-8-2)18-28(42(46,47)48)34(36(30)32)33-27(41(43,44)45)17-25(39(49)53)31(23)35(29)33/h15-18,21-22H,7-14H2,1-6H3. The number of carbonyl (C=O) groups is 4. The van der Waals surface area contributed by atoms with Gasteiger partial charge in [-0.1, -0.05) is 53.4 Å². The van der Waals surface area contributed by atoms with Gasteiger partial charge < -0.3 is 0 Å². The molecular formula is C42H40F6N2O4. The zero-order valence-corrected chi connectivity index (χ0v) is 30.9. The minimum Gasteiger partial charge on any atom is -0.271 e. The van der Waals surface area contributed by atoms with Gasteiger partial charge >= 0.3 is 12.4 Å². The number of unbranched alkanes of at least 4 members (excludes halogenated alkanes) is 2. The van der Waals surface area contributed by atoms with E-state index >= 15 is 26.3 Å². The van der Waals surface area contributed by atoms with Crippen LogP contribution in [0.4, 0.5) is 26.3 Å². The Morgan fingerprint density at radius 2 is 0.796 bits per heavy atom. The van der Waals surface area contributed by atoms with Crippen LogP contribution in [0.15, 0.2) is 24.3 Å². The molecule has 0 saturated heterocycles. The predicted molar refractivity (Wildman–Crippen MR) is 195 cm³/mol. The smallest absolute Gasteiger partial charge is 0.271 e. The molecule has 5 aromatic carbocycles. The van der Waals surface area contributed by atoms with E-state index in [-0.39, 0.29) is 43.4 Å². The van der Waals surface area contributed by atoms with Gasteiger partial charge in [0.2, 0.25) is 0 Å². The number of carbonyl (C=O) groups excluding carboxylic acids is 4. The van der Waals surface area contributed by atoms with Crippen LogP contribution in [-0.2, 0) is 12.4 Å². The van der Waals surface area contributed by atoms with E-state index in [9.17, 15) is 19.2 Å². The molecule has 0 aliphatic carbocycles. The molecule has 5 aromatic rings. The third kappa shape index (κ3) is 5.21. The zero-order chi connectivity index (χ0) is 39.3. The zero-order valence-electron chi connectivity index (χ0n) is 30.9. The largest absolute Gasteiger partial charge is 0.417 e. The molecule has 4 amide bonds. The summed E-state index contributed by atoms with van der Waals surface area (Å²) in [6.07, 6.45) is -6.10. The Hall–Kier alpha value is -4.74. The second-order valence-electron chi connectivity index (χ2n) is 14.8. The number of halogens is 6. The van der Waals surface area contributed by atoms with Crippen molar-refractivity contribution in [2.45, 2.75) is 117 Å². The molecule has 7 rings (SSSR count). The summed E-state index contributed by atoms with van der Waals surface area (Å²) in [5, 5.41) is -2.22. The van der Waals surface area contributed by atoms with Crippen LogP contribution < -0.4 is 0 Å². The molecule has 0 fully saturated rings. The molecule has 0 radical (unpaired) electrons. The molecule has 0 saturated carbocycles. The molecule has 2 aliphatic heterocycles. The van der Waals surface area contributed by atoms with Crippen LogP contribution in [0.3, 0.4) is 0 Å². The summed E-state index contributed by atoms with van der Waals surface area (Å²) in [6, 6.07) is 2.95. The molecule has 2 unspecified atom stereocenters. The van der Waals surface area contributed by atoms with E-state index in [0.717, 1.165) is 22.6 Å². The topological polar surface area (TPSA) is 74.8 Å². The SMILES string of the molecule is CCCCC(CC)N1C(=O)c2cc(C)c3c4c(C)cc5c6c(cc(C(F)(F)F)c(c7c(C(F)(F)F)cc(c2c37)C1=O)c64)C(=O)N(C(CC)CCCC)C5=O. The van der Waals surface area contributed by atoms with Crippen molar-refractivity contribution in [2.24, 2.45) is 0 Å². The summed E-state index contributed by atoms with van der Waals surface area (Å²) >= 11 is 0. The fraction of sp³-hybridized carbons (Fsp3) is 0.429. The Morgan fingerprint density at radius 3 is 1.07 bits per heavy atom. The van der Waals surface area contributed by atoms with Gasteiger partial charge in [0.1, 0.15) is 0 Å². The van der Waals surface area contributed by atoms with Crippen molar-refractivity contribution in [2.75, 3.05) is 0 Å². The van der Waals surface area contributed by atoms with E-state index in [1.54, 1.807) is 27.7 Å². The van der Waals surface area contributed by atoms with E-state index in [0.29, 0.717) is 61.8 Å². The van der Waals surface area contributed by atoms with Crippen molar-refractivity contribution >= 4 is 66.7 Å². The van der Waals surface area contributed by atoms with Gasteiger partial charge in [0.15, 0.2) is 0 Å². The molecule has 12 heteroatoms. The first-order valence-electron chi connectivity index (χ1n) is 18.6. The van der Waals surface area contributed by atoms with Crippen LogP contribution in [0.1, 0.15) is 143 Å². The number of alkyl halides is 6. The third-order valence-corrected chi connectivity index (χ3v) is 11.6. The average Bonchev–Trinajstić information content (AvgIpc) is 3.11. The first kappa shape index (κ1) is 37.6. The minimum absolute atomic E-state index is 0.0651. The van der Waals surface area contributed by atoms with Crippen LogP contribution in [0, 0.1) is 13.8 Å². The number of rotatable bonds is 10. The Balaban J connectivity index is 1.71. The van der Waals surface area contributed by atoms with Crippen LogP contribution in [0.2, 0.25) is 0 Å². The number of fused-ring (bicyclic) bond motifs is 2. The Morgan fingerprint density at radius 1 is 0.481 bits per heavy atom. The lowest BCUT2D eigenvalue weighted by Gasteiger charge is -2.36. The summed E-state index contributed by atoms with van der Waals surface area (Å²) in [5.41, 5.74) is -3.29. The molecule has 2 aliphatic rings. The molecule has 54 heavy (non-hydrogen) atoms. The van der Waals surface area contributed by atoms with Gasteiger partial charge in [0, 0.05) is 55.9 Å². The van der Waals surface area contributed by atoms with Gasteiger partial charge in [0.05, 0.1) is 11.1 Å². The fourth-order valence-corrected chi connectivity index (χ4v) is 9.10. The Kier molecular flexibility index (Phi) is 9.00. The van der Waals surface area contributed by atoms with Crippen molar-refractivity contribution in [1.82, 2.24) is 9.80 Å². The number of hydrogen-bond donors (Lipinski definition) is 0. The summed E-state index contributed by atoms with van der Waals surface area (Å²) in [6.45, 7) is 10.6. The highest BCUT2D eigenvalue weighted by Gasteiger charge is 2.46. The average molecular weight is 751 g/mol. The summed E-state index contributed by atoms with van der Waals surface area (Å²) in [4.78, 5) is 59.1. The highest BCUT2D eigenvalue weighted by molar-refractivity contribution is 6.43. The lowest BCUT2D eigenvalue weighted by Crippen LogP contribution is -2.47. The first-order valence-corrected chi connectivity index (χ1v) is 18.6. The normalized spacial score (nSPS) is 16.3. The van der Waals surface area contributed by atoms with E-state index in [4.69, 9.17) is 0 Å². The Bertz CT molecular complexity index is 2280. The highest BCUT2D eigenvalue weighted by atomic mass is 19.4. The van der Waals surface area contributed by atoms with Gasteiger partial charge in [-0.3, -0.25) is 29.0 Å². The summed E-state index contributed by atoms with van der Waals surface area (Å²) in [7, 11) is 0. The monoisotopic (exact) mass is 750 g/mol. The van der Waals surface area contributed by atoms with Gasteiger partial charge in [-0.05, 0) is 96.5 Å². The number of amides is 4. The van der Waals surface area contributed by atoms with E-state index in [1.807, 2.05) is 13.8 Å². The second-order valence-corrected chi connectivity index (χ2v) is 14.8. The van der Waals surface area contributed by atoms with Gasteiger partial charge in [-0.2, -0.15) is 26.3 Å². The first-order chi connectivity index (χ1) is 25.4. The highest BCUT2D eigenvalue weighted by Crippen LogP contribution is 2.54. The molecule has 2 atom stereocenters. The lowest BCUT2D eigenvalue weighted by atomic mass is 9.76. The molecule has 0 spiro atoms. The molecule has 2 heterocycles. The van der Waals surface area contributed by atoms with Crippen LogP contribution in [0.25, 0.3) is 43.1 Å². The quantitative estimate of drug-likeness (QED) is 0.0616. The maximum atomic E-state index is 15.5. The maximum Gasteiger partial charge on any atom is 0.417 e. The molecule has 6 nitrogen and oxygen atoms in total. The van der Waals surface area contributed by atoms with Crippen molar-refractivity contribution in [3.05, 3.63) is 68.8 Å². The molecule has 0 aromatic heterocycles. The second kappa shape index (κ2) is 12.9. The van der Waals surface area contributed by atoms with E-state index < -0.39 is 81.1 Å². The van der Waals surface area contributed by atoms with E-state index in [1.165, 1.54) is 12.1 Å². The Labute approximate surface area is 307 Å². The van der Waals surface area contributed by atoms with Gasteiger partial charge in [-0.25, -0.2) is 0 Å². The number of imide groups is 2. The van der Waals surface area contributed by atoms with Crippen molar-refractivity contribution in [3.63, 3.8) is 0 Å². The number of benzene rings is 5. The predicted octanol–water partition coefficient (Wildman–Crippen LogP) is 11.5. The van der Waals surface area contributed by atoms with Gasteiger partial charge in [0.25, 0.3) is 23.6 Å². The maximum absolute atomic E-state index is 15.5. The van der Waals surface area contributed by atoms with Gasteiger partial charge in [-0.15, -0.1) is 0 Å². The third-order valence-electron chi connectivity index (χ3n) is 11.6. The van der Waals surface area contributed by atoms with Crippen LogP contribution >= 0.6 is 0 Å². The summed E-state index contributed by atoms with van der Waals surface area (Å²) < 4.78 is 92.8. The number of hydrogen-bond acceptors (Lipinski definition) is 4. The molecule has 0 N–H and O–H groups in total. The minimum atomic E-state index is -5.26. The number of nitrogens with zero attached hydrogens (tertiary/aromatic N) is 2. The fourth-order valence-electron chi connectivity index (χ4n) is 9.10. The van der Waals surface area contributed by atoms with Crippen LogP contribution in [-0.4, -0.2) is 45.5 Å². The molecule has 284 valence electrons. The van der Waals surface area contributed by atoms with E-state index in [2.05, 4.69) is 0 Å². The summed E-state index contributed by atoms with van der Waals surface area (Å²) in [5.74, 6) is -3.30.